The molecular weight excluding hydrogens is 400 g/mol. The maximum absolute atomic E-state index is 13.2. The normalized spacial score (nSPS) is 15.4. The van der Waals surface area contributed by atoms with Gasteiger partial charge in [0.15, 0.2) is 0 Å². The first-order chi connectivity index (χ1) is 14.3. The number of rotatable bonds is 6. The van der Waals surface area contributed by atoms with Crippen LogP contribution in [0.1, 0.15) is 53.7 Å². The highest BCUT2D eigenvalue weighted by Crippen LogP contribution is 2.29. The van der Waals surface area contributed by atoms with E-state index in [1.807, 2.05) is 32.0 Å². The highest BCUT2D eigenvalue weighted by molar-refractivity contribution is 7.89. The first kappa shape index (κ1) is 22.5. The Labute approximate surface area is 179 Å². The van der Waals surface area contributed by atoms with Gasteiger partial charge in [-0.25, -0.2) is 8.42 Å². The summed E-state index contributed by atoms with van der Waals surface area (Å²) >= 11 is 0. The first-order valence-corrected chi connectivity index (χ1v) is 11.8. The molecule has 1 amide bonds. The van der Waals surface area contributed by atoms with Crippen molar-refractivity contribution >= 4 is 21.6 Å². The third kappa shape index (κ3) is 4.58. The average molecular weight is 431 g/mol. The maximum atomic E-state index is 13.2. The quantitative estimate of drug-likeness (QED) is 0.753. The molecule has 162 valence electrons. The molecule has 0 saturated carbocycles. The molecule has 1 saturated heterocycles. The lowest BCUT2D eigenvalue weighted by Crippen LogP contribution is -2.41. The minimum atomic E-state index is -3.69. The first-order valence-electron chi connectivity index (χ1n) is 10.4. The van der Waals surface area contributed by atoms with E-state index in [1.165, 1.54) is 10.4 Å². The van der Waals surface area contributed by atoms with Crippen LogP contribution in [-0.4, -0.2) is 44.9 Å². The number of sulfonamides is 1. The number of amides is 1. The second-order valence-electron chi connectivity index (χ2n) is 7.84. The minimum Gasteiger partial charge on any atom is -0.379 e. The number of morpholine rings is 1. The number of nitrogens with one attached hydrogen (secondary N) is 1. The lowest BCUT2D eigenvalue weighted by Gasteiger charge is -2.27. The molecule has 0 aromatic heterocycles. The molecule has 0 unspecified atom stereocenters. The lowest BCUT2D eigenvalue weighted by atomic mass is 9.98. The fraction of sp³-hybridized carbons (Fsp3) is 0.435. The van der Waals surface area contributed by atoms with E-state index in [1.54, 1.807) is 12.1 Å². The minimum absolute atomic E-state index is 0.202. The number of nitrogens with zero attached hydrogens (tertiary/aromatic N) is 1. The van der Waals surface area contributed by atoms with E-state index in [2.05, 4.69) is 19.2 Å². The summed E-state index contributed by atoms with van der Waals surface area (Å²) in [4.78, 5) is 13.3. The number of aryl methyl sites for hydroxylation is 2. The Kier molecular flexibility index (Phi) is 6.95. The molecule has 1 N–H and O–H groups in total. The molecule has 0 atom stereocenters. The maximum Gasteiger partial charge on any atom is 0.255 e. The number of benzene rings is 2. The largest absolute Gasteiger partial charge is 0.379 e. The number of hydrogen-bond acceptors (Lipinski definition) is 4. The number of carbonyl (C=O) groups is 1. The predicted molar refractivity (Wildman–Crippen MR) is 119 cm³/mol. The van der Waals surface area contributed by atoms with Crippen LogP contribution in [0.4, 0.5) is 5.69 Å². The zero-order valence-electron chi connectivity index (χ0n) is 18.1. The molecule has 1 aliphatic heterocycles. The fourth-order valence-electron chi connectivity index (χ4n) is 3.68. The monoisotopic (exact) mass is 430 g/mol. The zero-order valence-corrected chi connectivity index (χ0v) is 18.9. The summed E-state index contributed by atoms with van der Waals surface area (Å²) in [5.74, 6) is -0.0628. The van der Waals surface area contributed by atoms with Gasteiger partial charge in [0.25, 0.3) is 5.91 Å². The van der Waals surface area contributed by atoms with Crippen LogP contribution in [-0.2, 0) is 21.2 Å². The number of anilines is 1. The van der Waals surface area contributed by atoms with Gasteiger partial charge in [0.05, 0.1) is 18.1 Å². The molecule has 3 rings (SSSR count). The summed E-state index contributed by atoms with van der Waals surface area (Å²) in [6.07, 6.45) is 0.566. The molecule has 30 heavy (non-hydrogen) atoms. The predicted octanol–water partition coefficient (Wildman–Crippen LogP) is 3.95. The van der Waals surface area contributed by atoms with E-state index in [0.29, 0.717) is 43.9 Å². The van der Waals surface area contributed by atoms with Gasteiger partial charge >= 0.3 is 0 Å². The van der Waals surface area contributed by atoms with E-state index >= 15 is 0 Å². The van der Waals surface area contributed by atoms with Crippen molar-refractivity contribution in [1.82, 2.24) is 4.31 Å². The summed E-state index contributed by atoms with van der Waals surface area (Å²) in [6, 6.07) is 10.9. The molecule has 0 spiro atoms. The third-order valence-electron chi connectivity index (χ3n) is 5.46. The average Bonchev–Trinajstić information content (AvgIpc) is 2.75. The molecule has 7 heteroatoms. The highest BCUT2D eigenvalue weighted by atomic mass is 32.2. The topological polar surface area (TPSA) is 75.7 Å². The van der Waals surface area contributed by atoms with Gasteiger partial charge in [-0.2, -0.15) is 4.31 Å². The molecule has 0 radical (unpaired) electrons. The van der Waals surface area contributed by atoms with Crippen LogP contribution in [0, 0.1) is 6.92 Å². The van der Waals surface area contributed by atoms with Gasteiger partial charge in [-0.1, -0.05) is 45.0 Å². The van der Waals surface area contributed by atoms with Crippen LogP contribution in [0.15, 0.2) is 41.3 Å². The summed E-state index contributed by atoms with van der Waals surface area (Å²) < 4.78 is 33.2. The van der Waals surface area contributed by atoms with E-state index in [-0.39, 0.29) is 16.7 Å². The molecule has 0 aliphatic carbocycles. The van der Waals surface area contributed by atoms with E-state index in [4.69, 9.17) is 4.74 Å². The van der Waals surface area contributed by atoms with Gasteiger partial charge in [0, 0.05) is 24.3 Å². The molecule has 0 bridgehead atoms. The SMILES string of the molecule is CCc1ccc(C(=O)Nc2c(C)cccc2C(C)C)cc1S(=O)(=O)N1CCOCC1. The Bertz CT molecular complexity index is 1030. The van der Waals surface area contributed by atoms with Crippen molar-refractivity contribution in [3.63, 3.8) is 0 Å². The van der Waals surface area contributed by atoms with Crippen LogP contribution >= 0.6 is 0 Å². The van der Waals surface area contributed by atoms with E-state index in [9.17, 15) is 13.2 Å². The van der Waals surface area contributed by atoms with Crippen molar-refractivity contribution in [2.75, 3.05) is 31.6 Å². The summed E-state index contributed by atoms with van der Waals surface area (Å²) in [7, 11) is -3.69. The van der Waals surface area contributed by atoms with Crippen LogP contribution in [0.25, 0.3) is 0 Å². The van der Waals surface area contributed by atoms with Crippen molar-refractivity contribution in [3.8, 4) is 0 Å². The van der Waals surface area contributed by atoms with Gasteiger partial charge in [-0.05, 0) is 48.1 Å². The molecule has 6 nitrogen and oxygen atoms in total. The Morgan fingerprint density at radius 1 is 1.17 bits per heavy atom. The Balaban J connectivity index is 1.96. The smallest absolute Gasteiger partial charge is 0.255 e. The van der Waals surface area contributed by atoms with Crippen molar-refractivity contribution < 1.29 is 17.9 Å². The van der Waals surface area contributed by atoms with Crippen molar-refractivity contribution in [2.24, 2.45) is 0 Å². The van der Waals surface area contributed by atoms with Gasteiger partial charge in [-0.15, -0.1) is 0 Å². The number of carbonyl (C=O) groups excluding carboxylic acids is 1. The molecular formula is C23H30N2O4S. The fourth-order valence-corrected chi connectivity index (χ4v) is 5.41. The second kappa shape index (κ2) is 9.29. The summed E-state index contributed by atoms with van der Waals surface area (Å²) in [5, 5.41) is 3.00. The molecule has 2 aromatic rings. The van der Waals surface area contributed by atoms with Crippen LogP contribution < -0.4 is 5.32 Å². The third-order valence-corrected chi connectivity index (χ3v) is 7.44. The van der Waals surface area contributed by atoms with Crippen molar-refractivity contribution in [2.45, 2.75) is 44.9 Å². The van der Waals surface area contributed by atoms with E-state index in [0.717, 1.165) is 16.8 Å². The standard InChI is InChI=1S/C23H30N2O4S/c1-5-18-9-10-19(15-21(18)30(27,28)25-11-13-29-14-12-25)23(26)24-22-17(4)7-6-8-20(22)16(2)3/h6-10,15-16H,5,11-14H2,1-4H3,(H,24,26). The van der Waals surface area contributed by atoms with Crippen LogP contribution in [0.3, 0.4) is 0 Å². The Morgan fingerprint density at radius 2 is 1.87 bits per heavy atom. The Hall–Kier alpha value is -2.22. The van der Waals surface area contributed by atoms with Gasteiger partial charge in [0.2, 0.25) is 10.0 Å². The Morgan fingerprint density at radius 3 is 2.50 bits per heavy atom. The van der Waals surface area contributed by atoms with Crippen molar-refractivity contribution in [1.29, 1.82) is 0 Å². The van der Waals surface area contributed by atoms with Gasteiger partial charge in [-0.3, -0.25) is 4.79 Å². The van der Waals surface area contributed by atoms with Gasteiger partial charge < -0.3 is 10.1 Å². The number of hydrogen-bond donors (Lipinski definition) is 1. The molecule has 1 aliphatic rings. The second-order valence-corrected chi connectivity index (χ2v) is 9.75. The summed E-state index contributed by atoms with van der Waals surface area (Å²) in [5.41, 5.74) is 3.85. The zero-order chi connectivity index (χ0) is 21.9. The number of para-hydroxylation sites is 1. The molecule has 1 fully saturated rings. The molecule has 2 aromatic carbocycles. The van der Waals surface area contributed by atoms with Crippen LogP contribution in [0.5, 0.6) is 0 Å². The van der Waals surface area contributed by atoms with Gasteiger partial charge in [0.1, 0.15) is 0 Å². The lowest BCUT2D eigenvalue weighted by molar-refractivity contribution is 0.0730. The van der Waals surface area contributed by atoms with Crippen LogP contribution in [0.2, 0.25) is 0 Å². The van der Waals surface area contributed by atoms with Crippen molar-refractivity contribution in [3.05, 3.63) is 58.7 Å². The highest BCUT2D eigenvalue weighted by Gasteiger charge is 2.29. The summed E-state index contributed by atoms with van der Waals surface area (Å²) in [6.45, 7) is 9.43. The molecule has 1 heterocycles. The van der Waals surface area contributed by atoms with E-state index < -0.39 is 10.0 Å². The number of ether oxygens (including phenoxy) is 1.